The highest BCUT2D eigenvalue weighted by atomic mass is 19.1. The molecule has 15 amide bonds. The third-order valence-corrected chi connectivity index (χ3v) is 24.8. The number of carbonyl (C=O) groups is 8. The Hall–Kier alpha value is -14.7. The zero-order valence-electron chi connectivity index (χ0n) is 90.7. The largest absolute Gasteiger partial charge is 0.374 e. The summed E-state index contributed by atoms with van der Waals surface area (Å²) in [5, 5.41) is 25.0. The normalized spacial score (nSPS) is 17.1. The summed E-state index contributed by atoms with van der Waals surface area (Å²) < 4.78 is 28.2. The van der Waals surface area contributed by atoms with Gasteiger partial charge in [0.15, 0.2) is 5.82 Å². The fourth-order valence-electron chi connectivity index (χ4n) is 15.6. The Balaban J connectivity index is 0.000000187. The van der Waals surface area contributed by atoms with Crippen molar-refractivity contribution in [1.29, 1.82) is 0 Å². The van der Waals surface area contributed by atoms with Crippen molar-refractivity contribution in [3.8, 4) is 0 Å². The summed E-state index contributed by atoms with van der Waals surface area (Å²) in [5.74, 6) is 1.07. The molecule has 12 heterocycles. The van der Waals surface area contributed by atoms with Gasteiger partial charge in [-0.05, 0) is 123 Å². The Bertz CT molecular complexity index is 5700. The molecule has 1 unspecified atom stereocenters. The highest BCUT2D eigenvalue weighted by Gasteiger charge is 2.34. The molecule has 9 N–H and O–H groups in total. The summed E-state index contributed by atoms with van der Waals surface area (Å²) in [7, 11) is 0. The van der Waals surface area contributed by atoms with E-state index < -0.39 is 0 Å². The Morgan fingerprint density at radius 2 is 0.619 bits per heavy atom. The van der Waals surface area contributed by atoms with Gasteiger partial charge in [0.05, 0.1) is 48.1 Å². The second-order valence-electron chi connectivity index (χ2n) is 45.7. The molecule has 0 radical (unpaired) electrons. The molecule has 8 saturated heterocycles. The van der Waals surface area contributed by atoms with Crippen molar-refractivity contribution in [2.24, 2.45) is 0 Å². The van der Waals surface area contributed by atoms with Crippen molar-refractivity contribution in [2.75, 3.05) is 85.4 Å². The molecule has 1 atom stereocenters. The maximum Gasteiger partial charge on any atom is 0.327 e. The highest BCUT2D eigenvalue weighted by molar-refractivity contribution is 5.98. The number of nitrogens with zero attached hydrogens (tertiary/aromatic N) is 13. The molecule has 0 aliphatic carbocycles. The van der Waals surface area contributed by atoms with E-state index in [0.29, 0.717) is 104 Å². The number of hydrogen-bond acceptors (Lipinski definition) is 15. The fraction of sp³-hybridized carbons (Fsp3) is 0.426. The number of pyridine rings is 2. The molecule has 8 fully saturated rings. The lowest BCUT2D eigenvalue weighted by Crippen LogP contribution is -2.45. The zero-order chi connectivity index (χ0) is 109. The summed E-state index contributed by atoms with van der Waals surface area (Å²) in [6.45, 7) is 84.3. The number of piperidine rings is 1. The van der Waals surface area contributed by atoms with Crippen LogP contribution in [0.15, 0.2) is 245 Å². The van der Waals surface area contributed by atoms with Gasteiger partial charge in [-0.1, -0.05) is 261 Å². The topological polar surface area (TPSA) is 345 Å². The van der Waals surface area contributed by atoms with Crippen LogP contribution in [0.1, 0.15) is 269 Å². The van der Waals surface area contributed by atoms with Gasteiger partial charge in [-0.2, -0.15) is 0 Å². The van der Waals surface area contributed by atoms with Crippen LogP contribution in [0, 0.1) is 11.6 Å². The Morgan fingerprint density at radius 1 is 0.279 bits per heavy atom. The fourth-order valence-corrected chi connectivity index (χ4v) is 15.6. The van der Waals surface area contributed by atoms with Crippen LogP contribution >= 0.6 is 0 Å². The van der Waals surface area contributed by atoms with E-state index in [0.717, 1.165) is 119 Å². The Morgan fingerprint density at radius 3 is 0.973 bits per heavy atom. The molecule has 147 heavy (non-hydrogen) atoms. The predicted molar refractivity (Wildman–Crippen MR) is 589 cm³/mol. The molecular weight excluding hydrogens is 1860 g/mol. The van der Waals surface area contributed by atoms with Gasteiger partial charge >= 0.3 is 42.2 Å². The van der Waals surface area contributed by atoms with Gasteiger partial charge in [0.1, 0.15) is 29.3 Å². The maximum absolute atomic E-state index is 14.1. The minimum Gasteiger partial charge on any atom is -0.374 e. The lowest BCUT2D eigenvalue weighted by atomic mass is 9.86. The number of allylic oxidation sites excluding steroid dienone is 1. The first kappa shape index (κ1) is 116. The third kappa shape index (κ3) is 33.7. The summed E-state index contributed by atoms with van der Waals surface area (Å²) in [5.41, 5.74) is 17.7. The minimum absolute atomic E-state index is 0.0103. The number of anilines is 8. The van der Waals surface area contributed by atoms with E-state index in [1.807, 2.05) is 90.1 Å². The van der Waals surface area contributed by atoms with Crippen LogP contribution in [0.5, 0.6) is 0 Å². The van der Waals surface area contributed by atoms with Crippen LogP contribution in [0.25, 0.3) is 0 Å². The molecule has 0 saturated carbocycles. The molecule has 8 aromatic rings. The van der Waals surface area contributed by atoms with Gasteiger partial charge in [0, 0.05) is 199 Å². The van der Waals surface area contributed by atoms with Crippen LogP contribution in [-0.4, -0.2) is 130 Å². The van der Waals surface area contributed by atoms with Crippen molar-refractivity contribution in [3.63, 3.8) is 0 Å². The van der Waals surface area contributed by atoms with Gasteiger partial charge in [-0.15, -0.1) is 0 Å². The third-order valence-electron chi connectivity index (χ3n) is 24.8. The lowest BCUT2D eigenvalue weighted by molar-refractivity contribution is -0.122. The highest BCUT2D eigenvalue weighted by Crippen LogP contribution is 2.36. The minimum atomic E-state index is -0.338. The van der Waals surface area contributed by atoms with Crippen LogP contribution in [0.2, 0.25) is 0 Å². The van der Waals surface area contributed by atoms with E-state index in [1.165, 1.54) is 44.8 Å². The summed E-state index contributed by atoms with van der Waals surface area (Å²) in [6, 6.07) is 33.5. The number of amides is 15. The predicted octanol–water partition coefficient (Wildman–Crippen LogP) is 23.8. The number of nitrogens with one attached hydrogen (secondary N) is 9. The SMILES string of the molecule is C=C1CCC(Nc2ccc(C(C)(C)C)cc2)C(=O)N1.C=C1CCN(c2cc(F)c(C(C)(C)C)cn2)C(=O)N1.C=C1CCN(c2ccc(C(C)(C)C)c(F)c2)C(=O)N1.C=C1CCN(c2ccc(C(C)(C)C)cc2)C(=O)N1.C=C1CCN(c2ccc(C(C)(C)C)nc2)C(=O)N1.C=C1CCN(c2cccc(C(C)(C)C)c2)C(=O)N1.C=C1CCN(c2cnc(C(C)(C)C)cn2)C(=O)N1.C=C1CCN(c2cnc(C(C)(C)C)nc2)C(=O)N1. The molecule has 8 aliphatic heterocycles. The van der Waals surface area contributed by atoms with Gasteiger partial charge < -0.3 is 47.9 Å². The number of carbonyl (C=O) groups excluding carboxylic acids is 8. The van der Waals surface area contributed by atoms with E-state index in [9.17, 15) is 47.1 Å². The molecule has 8 aliphatic rings. The van der Waals surface area contributed by atoms with Crippen LogP contribution < -0.4 is 82.2 Å². The number of urea groups is 7. The first-order chi connectivity index (χ1) is 68.3. The smallest absolute Gasteiger partial charge is 0.327 e. The number of benzene rings is 4. The molecule has 0 bridgehead atoms. The summed E-state index contributed by atoms with van der Waals surface area (Å²) in [6.07, 6.45) is 16.8. The zero-order valence-corrected chi connectivity index (χ0v) is 90.7. The number of rotatable bonds is 9. The molecule has 786 valence electrons. The number of hydrogen-bond donors (Lipinski definition) is 9. The van der Waals surface area contributed by atoms with Gasteiger partial charge in [0.25, 0.3) is 0 Å². The monoisotopic (exact) mass is 2010 g/mol. The molecule has 30 nitrogen and oxygen atoms in total. The molecule has 0 spiro atoms. The molecular formula is C115H154F2N22O8. The summed E-state index contributed by atoms with van der Waals surface area (Å²) in [4.78, 5) is 132. The summed E-state index contributed by atoms with van der Waals surface area (Å²) >= 11 is 0. The molecule has 32 heteroatoms. The molecule has 4 aromatic heterocycles. The first-order valence-electron chi connectivity index (χ1n) is 49.8. The van der Waals surface area contributed by atoms with E-state index in [1.54, 1.807) is 67.6 Å². The van der Waals surface area contributed by atoms with E-state index >= 15 is 0 Å². The van der Waals surface area contributed by atoms with Crippen molar-refractivity contribution in [2.45, 2.75) is 273 Å². The molecule has 4 aromatic carbocycles. The average Bonchev–Trinajstić information content (AvgIpc) is 0.793. The quantitative estimate of drug-likeness (QED) is 0.0648. The van der Waals surface area contributed by atoms with Crippen LogP contribution in [0.3, 0.4) is 0 Å². The van der Waals surface area contributed by atoms with Crippen molar-refractivity contribution in [1.82, 2.24) is 72.4 Å². The van der Waals surface area contributed by atoms with Crippen molar-refractivity contribution < 1.29 is 47.1 Å². The van der Waals surface area contributed by atoms with Crippen molar-refractivity contribution in [3.05, 3.63) is 301 Å². The Kier molecular flexibility index (Phi) is 38.2. The second kappa shape index (κ2) is 48.5. The van der Waals surface area contributed by atoms with Crippen LogP contribution in [-0.2, 0) is 48.1 Å². The second-order valence-corrected chi connectivity index (χ2v) is 45.7. The Labute approximate surface area is 868 Å². The van der Waals surface area contributed by atoms with Crippen molar-refractivity contribution >= 4 is 93.9 Å². The average molecular weight is 2010 g/mol. The first-order valence-corrected chi connectivity index (χ1v) is 49.8. The van der Waals surface area contributed by atoms with E-state index in [-0.39, 0.29) is 109 Å². The lowest BCUT2D eigenvalue weighted by Gasteiger charge is -2.30. The maximum atomic E-state index is 14.1. The number of aromatic nitrogens is 6. The van der Waals surface area contributed by atoms with E-state index in [2.05, 4.69) is 291 Å². The number of halogens is 2. The van der Waals surface area contributed by atoms with Crippen LogP contribution in [0.4, 0.5) is 88.1 Å². The van der Waals surface area contributed by atoms with E-state index in [4.69, 9.17) is 0 Å². The molecule has 16 rings (SSSR count). The van der Waals surface area contributed by atoms with Gasteiger partial charge in [-0.3, -0.25) is 49.1 Å². The van der Waals surface area contributed by atoms with Gasteiger partial charge in [-0.25, -0.2) is 62.3 Å². The van der Waals surface area contributed by atoms with Gasteiger partial charge in [0.2, 0.25) is 5.91 Å². The standard InChI is InChI=1S/C16H22N2O.C15H19FN2O.2C15H20N2O.C14H18FN3O.C14H19N3O.2C13H18N4O/c1-11-5-10-14(15(19)17-11)18-13-8-6-12(7-9-13)16(2,3)4;1-10-7-8-18(14(19)17-10)11-5-6-12(13(16)9-11)15(2,3)4;1-11-9-10-17(14(18)16-11)13-7-5-12(6-8-13)15(2,3)4;1-11-8-9-17(14(18)16-11)13-7-5-6-12(10-13)15(2,3)4;1-9-5-6-18(13(19)17-9)12-7-11(15)10(8-16-12)14(2,3)4;1-10-7-8-17(13(18)16-10)11-5-6-12(15-9-11)14(2,3)4;1-9-5-6-17(12(18)16-9)11-8-14-10(7-15-11)13(2,3)4;1-9-5-6-17(12(18)16-9)10-7-14-11(15-8-10)13(2,3)4/h6-9,14,18H,1,5,10H2,2-4H3,(H,17,19);5-6,9H,1,7-8H2,2-4H3,(H,17,19);5-8H,1,9-10H2,2-4H3,(H,16,18);5-7,10H,1,8-9H2,2-4H3,(H,16,18);7-8H,1,5-6H2,2-4H3,(H,17,19);5-6,9H,1,7-8H2,2-4H3,(H,16,18);2*7-8H,1,5-6H2,2-4H3,(H,16,18).